The van der Waals surface area contributed by atoms with Crippen molar-refractivity contribution in [3.8, 4) is 0 Å². The van der Waals surface area contributed by atoms with Crippen LogP contribution in [0.2, 0.25) is 0 Å². The summed E-state index contributed by atoms with van der Waals surface area (Å²) in [7, 11) is 0. The first-order chi connectivity index (χ1) is 16.9. The second kappa shape index (κ2) is 11.0. The molecule has 1 aromatic carbocycles. The molecular formula is C20H15F9N4O4. The van der Waals surface area contributed by atoms with Crippen molar-refractivity contribution in [3.05, 3.63) is 59.4 Å². The van der Waals surface area contributed by atoms with Crippen molar-refractivity contribution >= 4 is 23.0 Å². The molecule has 1 aliphatic rings. The quantitative estimate of drug-likeness (QED) is 0.313. The topological polar surface area (TPSA) is 131 Å². The lowest BCUT2D eigenvalue weighted by atomic mass is 9.86. The molecule has 1 aliphatic heterocycles. The van der Waals surface area contributed by atoms with Crippen LogP contribution in [0.15, 0.2) is 30.6 Å². The number of alkyl halides is 6. The van der Waals surface area contributed by atoms with Gasteiger partial charge in [-0.25, -0.2) is 27.7 Å². The number of carboxylic acids is 2. The molecule has 0 amide bonds. The summed E-state index contributed by atoms with van der Waals surface area (Å²) in [6, 6.07) is 2.89. The predicted molar refractivity (Wildman–Crippen MR) is 106 cm³/mol. The molecule has 3 heterocycles. The highest BCUT2D eigenvalue weighted by atomic mass is 19.4. The number of halogens is 9. The van der Waals surface area contributed by atoms with Crippen molar-refractivity contribution in [2.75, 3.05) is 0 Å². The fourth-order valence-electron chi connectivity index (χ4n) is 3.24. The monoisotopic (exact) mass is 546 g/mol. The third kappa shape index (κ3) is 7.31. The average molecular weight is 546 g/mol. The molecule has 0 saturated heterocycles. The Hall–Kier alpha value is -3.89. The number of hydrogen-bond donors (Lipinski definition) is 3. The smallest absolute Gasteiger partial charge is 0.475 e. The molecule has 37 heavy (non-hydrogen) atoms. The molecule has 0 aliphatic carbocycles. The van der Waals surface area contributed by atoms with Gasteiger partial charge >= 0.3 is 24.3 Å². The van der Waals surface area contributed by atoms with E-state index < -0.39 is 53.7 Å². The van der Waals surface area contributed by atoms with E-state index in [1.165, 1.54) is 0 Å². The first-order valence-corrected chi connectivity index (χ1v) is 9.72. The molecule has 1 unspecified atom stereocenters. The Morgan fingerprint density at radius 3 is 1.97 bits per heavy atom. The fraction of sp³-hybridized carbons (Fsp3) is 0.300. The van der Waals surface area contributed by atoms with Crippen LogP contribution < -0.4 is 5.73 Å². The number of nitrogens with two attached hydrogens (primary N) is 1. The molecule has 0 bridgehead atoms. The first kappa shape index (κ1) is 29.3. The van der Waals surface area contributed by atoms with Crippen LogP contribution in [0.25, 0.3) is 11.0 Å². The van der Waals surface area contributed by atoms with Crippen LogP contribution in [0.1, 0.15) is 17.3 Å². The Morgan fingerprint density at radius 1 is 0.946 bits per heavy atom. The van der Waals surface area contributed by atoms with E-state index in [1.54, 1.807) is 12.4 Å². The van der Waals surface area contributed by atoms with Gasteiger partial charge in [-0.2, -0.15) is 26.3 Å². The van der Waals surface area contributed by atoms with Gasteiger partial charge in [0.1, 0.15) is 17.2 Å². The van der Waals surface area contributed by atoms with Crippen LogP contribution in [-0.4, -0.2) is 55.1 Å². The van der Waals surface area contributed by atoms with Gasteiger partial charge in [0.05, 0.1) is 11.7 Å². The summed E-state index contributed by atoms with van der Waals surface area (Å²) >= 11 is 0. The standard InChI is InChI=1S/C16H13F3N4.2C2HF3O2/c17-10-5-12(19)11(18)3-8(10)9-4-16-22-14-6-21-2-1-15(14)23(16)7-13(9)20;2*3-2(4,5)1(6)7/h1-3,5-6,9,13H,4,7,20H2;2*(H,6,7)/t9?,13-;;/m0../s1. The summed E-state index contributed by atoms with van der Waals surface area (Å²) in [4.78, 5) is 26.3. The molecule has 0 fully saturated rings. The molecule has 0 spiro atoms. The minimum Gasteiger partial charge on any atom is -0.475 e. The van der Waals surface area contributed by atoms with E-state index in [1.807, 2.05) is 10.6 Å². The number of nitrogens with zero attached hydrogens (tertiary/aromatic N) is 3. The number of pyridine rings is 1. The summed E-state index contributed by atoms with van der Waals surface area (Å²) in [6.45, 7) is 0.430. The number of imidazole rings is 1. The van der Waals surface area contributed by atoms with Crippen LogP contribution >= 0.6 is 0 Å². The van der Waals surface area contributed by atoms with Crippen molar-refractivity contribution in [1.29, 1.82) is 0 Å². The van der Waals surface area contributed by atoms with E-state index in [-0.39, 0.29) is 5.56 Å². The number of rotatable bonds is 1. The van der Waals surface area contributed by atoms with Crippen molar-refractivity contribution in [3.63, 3.8) is 0 Å². The number of aromatic nitrogens is 3. The van der Waals surface area contributed by atoms with Gasteiger partial charge in [-0.15, -0.1) is 0 Å². The van der Waals surface area contributed by atoms with Crippen molar-refractivity contribution in [2.24, 2.45) is 5.73 Å². The summed E-state index contributed by atoms with van der Waals surface area (Å²) in [6.07, 6.45) is -6.49. The molecule has 0 radical (unpaired) electrons. The van der Waals surface area contributed by atoms with E-state index in [0.29, 0.717) is 19.0 Å². The second-order valence-corrected chi connectivity index (χ2v) is 7.37. The van der Waals surface area contributed by atoms with Gasteiger partial charge in [-0.05, 0) is 17.7 Å². The molecule has 202 valence electrons. The Kier molecular flexibility index (Phi) is 8.74. The normalized spacial score (nSPS) is 17.1. The maximum atomic E-state index is 14.1. The third-order valence-corrected chi connectivity index (χ3v) is 4.87. The van der Waals surface area contributed by atoms with E-state index in [9.17, 15) is 39.5 Å². The molecule has 17 heteroatoms. The van der Waals surface area contributed by atoms with Crippen LogP contribution in [0.5, 0.6) is 0 Å². The lowest BCUT2D eigenvalue weighted by molar-refractivity contribution is -0.193. The Labute approximate surface area is 200 Å². The zero-order valence-corrected chi connectivity index (χ0v) is 18.0. The average Bonchev–Trinajstić information content (AvgIpc) is 3.13. The predicted octanol–water partition coefficient (Wildman–Crippen LogP) is 3.78. The van der Waals surface area contributed by atoms with E-state index >= 15 is 0 Å². The van der Waals surface area contributed by atoms with Gasteiger partial charge in [0.15, 0.2) is 11.6 Å². The van der Waals surface area contributed by atoms with Gasteiger partial charge in [-0.3, -0.25) is 4.98 Å². The fourth-order valence-corrected chi connectivity index (χ4v) is 3.24. The zero-order chi connectivity index (χ0) is 28.3. The van der Waals surface area contributed by atoms with Gasteiger partial charge in [0.2, 0.25) is 0 Å². The summed E-state index contributed by atoms with van der Waals surface area (Å²) < 4.78 is 106. The lowest BCUT2D eigenvalue weighted by Gasteiger charge is -2.30. The number of aliphatic carboxylic acids is 2. The van der Waals surface area contributed by atoms with E-state index in [2.05, 4.69) is 9.97 Å². The Morgan fingerprint density at radius 2 is 1.46 bits per heavy atom. The SMILES string of the molecule is N[C@H]1Cn2c(nc3cnccc32)CC1c1cc(F)c(F)cc1F.O=C(O)C(F)(F)F.O=C(O)C(F)(F)F. The highest BCUT2D eigenvalue weighted by Gasteiger charge is 2.39. The number of hydrogen-bond acceptors (Lipinski definition) is 5. The number of carboxylic acid groups (broad SMARTS) is 2. The maximum Gasteiger partial charge on any atom is 0.490 e. The van der Waals surface area contributed by atoms with Gasteiger partial charge in [0, 0.05) is 37.2 Å². The Bertz CT molecular complexity index is 1270. The highest BCUT2D eigenvalue weighted by Crippen LogP contribution is 2.33. The molecule has 4 N–H and O–H groups in total. The molecule has 2 atom stereocenters. The molecular weight excluding hydrogens is 531 g/mol. The summed E-state index contributed by atoms with van der Waals surface area (Å²) in [5.74, 6) is -8.28. The second-order valence-electron chi connectivity index (χ2n) is 7.37. The molecule has 8 nitrogen and oxygen atoms in total. The molecule has 3 aromatic rings. The Balaban J connectivity index is 0.000000286. The molecule has 2 aromatic heterocycles. The number of benzene rings is 1. The minimum absolute atomic E-state index is 0.0906. The van der Waals surface area contributed by atoms with E-state index in [0.717, 1.165) is 22.9 Å². The molecule has 4 rings (SSSR count). The first-order valence-electron chi connectivity index (χ1n) is 9.72. The minimum atomic E-state index is -5.08. The summed E-state index contributed by atoms with van der Waals surface area (Å²) in [5, 5.41) is 14.2. The van der Waals surface area contributed by atoms with E-state index in [4.69, 9.17) is 25.5 Å². The van der Waals surface area contributed by atoms with Crippen LogP contribution in [0, 0.1) is 17.5 Å². The zero-order valence-electron chi connectivity index (χ0n) is 18.0. The van der Waals surface area contributed by atoms with Gasteiger partial charge in [-0.1, -0.05) is 0 Å². The van der Waals surface area contributed by atoms with Crippen molar-refractivity contribution in [2.45, 2.75) is 37.3 Å². The van der Waals surface area contributed by atoms with Gasteiger partial charge in [0.25, 0.3) is 0 Å². The highest BCUT2D eigenvalue weighted by molar-refractivity contribution is 5.75. The van der Waals surface area contributed by atoms with Crippen LogP contribution in [0.3, 0.4) is 0 Å². The van der Waals surface area contributed by atoms with Gasteiger partial charge < -0.3 is 20.5 Å². The summed E-state index contributed by atoms with van der Waals surface area (Å²) in [5.41, 5.74) is 7.93. The number of fused-ring (bicyclic) bond motifs is 3. The lowest BCUT2D eigenvalue weighted by Crippen LogP contribution is -2.39. The van der Waals surface area contributed by atoms with Crippen molar-refractivity contribution < 1.29 is 59.3 Å². The third-order valence-electron chi connectivity index (χ3n) is 4.87. The van der Waals surface area contributed by atoms with Crippen molar-refractivity contribution in [1.82, 2.24) is 14.5 Å². The maximum absolute atomic E-state index is 14.1. The van der Waals surface area contributed by atoms with Crippen LogP contribution in [0.4, 0.5) is 39.5 Å². The largest absolute Gasteiger partial charge is 0.490 e. The number of carbonyl (C=O) groups is 2. The molecule has 0 saturated carbocycles. The van der Waals surface area contributed by atoms with Crippen LogP contribution in [-0.2, 0) is 22.6 Å².